The van der Waals surface area contributed by atoms with Crippen molar-refractivity contribution in [1.29, 1.82) is 0 Å². The molecule has 1 aliphatic heterocycles. The van der Waals surface area contributed by atoms with Crippen LogP contribution in [-0.4, -0.2) is 44.2 Å². The maximum atomic E-state index is 12.5. The van der Waals surface area contributed by atoms with Crippen LogP contribution in [0, 0.1) is 0 Å². The van der Waals surface area contributed by atoms with Crippen molar-refractivity contribution in [2.24, 2.45) is 0 Å². The lowest BCUT2D eigenvalue weighted by Gasteiger charge is -2.46. The quantitative estimate of drug-likeness (QED) is 0.933. The highest BCUT2D eigenvalue weighted by atomic mass is 16.3. The van der Waals surface area contributed by atoms with E-state index in [1.54, 1.807) is 22.0 Å². The summed E-state index contributed by atoms with van der Waals surface area (Å²) in [5, 5.41) is 10.2. The number of para-hydroxylation sites is 1. The van der Waals surface area contributed by atoms with Gasteiger partial charge in [0.15, 0.2) is 0 Å². The number of rotatable bonds is 4. The Morgan fingerprint density at radius 2 is 2.05 bits per heavy atom. The Kier molecular flexibility index (Phi) is 3.51. The minimum atomic E-state index is -0.706. The van der Waals surface area contributed by atoms with Gasteiger partial charge in [0.25, 0.3) is 5.91 Å². The first-order valence-corrected chi connectivity index (χ1v) is 7.22. The van der Waals surface area contributed by atoms with Crippen LogP contribution in [0.2, 0.25) is 0 Å². The molecule has 3 rings (SSSR count). The standard InChI is InChI=1S/C16H19N3O2/c1-2-8-16(21)10-18(11-16)15(20)14-9-17-12-19(14)13-6-4-3-5-7-13/h3-7,9,12,21H,2,8,10-11H2,1H3. The van der Waals surface area contributed by atoms with Crippen LogP contribution in [0.4, 0.5) is 0 Å². The summed E-state index contributed by atoms with van der Waals surface area (Å²) in [4.78, 5) is 18.3. The van der Waals surface area contributed by atoms with E-state index in [0.717, 1.165) is 18.5 Å². The van der Waals surface area contributed by atoms with Crippen molar-refractivity contribution in [3.63, 3.8) is 0 Å². The second-order valence-electron chi connectivity index (χ2n) is 5.62. The van der Waals surface area contributed by atoms with Gasteiger partial charge in [-0.25, -0.2) is 4.98 Å². The average molecular weight is 285 g/mol. The van der Waals surface area contributed by atoms with E-state index < -0.39 is 5.60 Å². The molecule has 1 fully saturated rings. The van der Waals surface area contributed by atoms with Crippen LogP contribution in [0.5, 0.6) is 0 Å². The summed E-state index contributed by atoms with van der Waals surface area (Å²) in [6.07, 6.45) is 4.86. The minimum absolute atomic E-state index is 0.0860. The van der Waals surface area contributed by atoms with E-state index in [-0.39, 0.29) is 5.91 Å². The summed E-state index contributed by atoms with van der Waals surface area (Å²) < 4.78 is 1.78. The van der Waals surface area contributed by atoms with E-state index in [0.29, 0.717) is 18.8 Å². The largest absolute Gasteiger partial charge is 0.386 e. The molecule has 1 amide bonds. The van der Waals surface area contributed by atoms with E-state index >= 15 is 0 Å². The van der Waals surface area contributed by atoms with Gasteiger partial charge in [0.2, 0.25) is 0 Å². The highest BCUT2D eigenvalue weighted by Crippen LogP contribution is 2.27. The van der Waals surface area contributed by atoms with Gasteiger partial charge >= 0.3 is 0 Å². The van der Waals surface area contributed by atoms with Crippen LogP contribution in [0.1, 0.15) is 30.3 Å². The van der Waals surface area contributed by atoms with E-state index in [1.807, 2.05) is 37.3 Å². The molecule has 5 nitrogen and oxygen atoms in total. The SMILES string of the molecule is CCCC1(O)CN(C(=O)c2cncn2-c2ccccc2)C1. The molecule has 0 spiro atoms. The maximum absolute atomic E-state index is 12.5. The van der Waals surface area contributed by atoms with E-state index in [2.05, 4.69) is 4.98 Å². The number of likely N-dealkylation sites (tertiary alicyclic amines) is 1. The summed E-state index contributed by atoms with van der Waals surface area (Å²) in [5.41, 5.74) is 0.726. The van der Waals surface area contributed by atoms with Crippen molar-refractivity contribution in [3.05, 3.63) is 48.5 Å². The number of imidazole rings is 1. The topological polar surface area (TPSA) is 58.4 Å². The lowest BCUT2D eigenvalue weighted by atomic mass is 9.89. The van der Waals surface area contributed by atoms with Crippen molar-refractivity contribution in [3.8, 4) is 5.69 Å². The zero-order valence-corrected chi connectivity index (χ0v) is 12.1. The Labute approximate surface area is 123 Å². The van der Waals surface area contributed by atoms with Gasteiger partial charge in [-0.1, -0.05) is 31.5 Å². The Hall–Kier alpha value is -2.14. The summed E-state index contributed by atoms with van der Waals surface area (Å²) in [7, 11) is 0. The first-order chi connectivity index (χ1) is 10.1. The third-order valence-electron chi connectivity index (χ3n) is 3.86. The van der Waals surface area contributed by atoms with Gasteiger partial charge in [-0.3, -0.25) is 9.36 Å². The normalized spacial score (nSPS) is 16.6. The number of hydrogen-bond acceptors (Lipinski definition) is 3. The van der Waals surface area contributed by atoms with E-state index in [1.165, 1.54) is 0 Å². The first kappa shape index (κ1) is 13.8. The van der Waals surface area contributed by atoms with Crippen molar-refractivity contribution in [2.75, 3.05) is 13.1 Å². The van der Waals surface area contributed by atoms with Gasteiger partial charge in [0.05, 0.1) is 31.2 Å². The molecule has 1 aromatic heterocycles. The molecule has 21 heavy (non-hydrogen) atoms. The van der Waals surface area contributed by atoms with E-state index in [4.69, 9.17) is 0 Å². The maximum Gasteiger partial charge on any atom is 0.272 e. The number of hydrogen-bond donors (Lipinski definition) is 1. The summed E-state index contributed by atoms with van der Waals surface area (Å²) >= 11 is 0. The second kappa shape index (κ2) is 5.33. The summed E-state index contributed by atoms with van der Waals surface area (Å²) in [6.45, 7) is 2.84. The van der Waals surface area contributed by atoms with Crippen molar-refractivity contribution in [2.45, 2.75) is 25.4 Å². The number of nitrogens with zero attached hydrogens (tertiary/aromatic N) is 3. The molecule has 5 heteroatoms. The molecule has 0 saturated carbocycles. The Balaban J connectivity index is 1.77. The third-order valence-corrected chi connectivity index (χ3v) is 3.86. The Bertz CT molecular complexity index is 630. The zero-order valence-electron chi connectivity index (χ0n) is 12.1. The van der Waals surface area contributed by atoms with Crippen molar-refractivity contribution < 1.29 is 9.90 Å². The summed E-state index contributed by atoms with van der Waals surface area (Å²) in [5.74, 6) is -0.0860. The zero-order chi connectivity index (χ0) is 14.9. The molecule has 2 aromatic rings. The highest BCUT2D eigenvalue weighted by molar-refractivity contribution is 5.93. The molecular formula is C16H19N3O2. The predicted molar refractivity (Wildman–Crippen MR) is 79.3 cm³/mol. The van der Waals surface area contributed by atoms with Gasteiger partial charge < -0.3 is 10.0 Å². The number of carbonyl (C=O) groups is 1. The van der Waals surface area contributed by atoms with Crippen LogP contribution in [0.15, 0.2) is 42.9 Å². The van der Waals surface area contributed by atoms with Gasteiger partial charge in [-0.15, -0.1) is 0 Å². The first-order valence-electron chi connectivity index (χ1n) is 7.22. The highest BCUT2D eigenvalue weighted by Gasteiger charge is 2.43. The smallest absolute Gasteiger partial charge is 0.272 e. The molecule has 2 heterocycles. The van der Waals surface area contributed by atoms with E-state index in [9.17, 15) is 9.90 Å². The second-order valence-corrected chi connectivity index (χ2v) is 5.62. The number of amides is 1. The lowest BCUT2D eigenvalue weighted by Crippen LogP contribution is -2.63. The molecule has 0 unspecified atom stereocenters. The van der Waals surface area contributed by atoms with Crippen molar-refractivity contribution >= 4 is 5.91 Å². The number of benzene rings is 1. The Morgan fingerprint density at radius 3 is 2.71 bits per heavy atom. The third kappa shape index (κ3) is 2.56. The number of aliphatic hydroxyl groups is 1. The molecule has 1 saturated heterocycles. The van der Waals surface area contributed by atoms with Gasteiger partial charge in [0, 0.05) is 5.69 Å². The minimum Gasteiger partial charge on any atom is -0.386 e. The number of aromatic nitrogens is 2. The average Bonchev–Trinajstić information content (AvgIpc) is 2.94. The summed E-state index contributed by atoms with van der Waals surface area (Å²) in [6, 6.07) is 9.65. The van der Waals surface area contributed by atoms with Gasteiger partial charge in [-0.05, 0) is 18.6 Å². The monoisotopic (exact) mass is 285 g/mol. The van der Waals surface area contributed by atoms with Crippen LogP contribution in [0.3, 0.4) is 0 Å². The van der Waals surface area contributed by atoms with Crippen LogP contribution in [-0.2, 0) is 0 Å². The fraction of sp³-hybridized carbons (Fsp3) is 0.375. The van der Waals surface area contributed by atoms with Crippen LogP contribution >= 0.6 is 0 Å². The number of carbonyl (C=O) groups excluding carboxylic acids is 1. The molecule has 110 valence electrons. The molecule has 0 radical (unpaired) electrons. The van der Waals surface area contributed by atoms with Gasteiger partial charge in [-0.2, -0.15) is 0 Å². The number of β-amino-alcohol motifs (C(OH)–C–C–N with tert-alkyl or cyclic N) is 1. The molecule has 0 bridgehead atoms. The predicted octanol–water partition coefficient (Wildman–Crippen LogP) is 1.86. The Morgan fingerprint density at radius 1 is 1.33 bits per heavy atom. The molecule has 1 N–H and O–H groups in total. The van der Waals surface area contributed by atoms with Crippen LogP contribution in [0.25, 0.3) is 5.69 Å². The van der Waals surface area contributed by atoms with Crippen LogP contribution < -0.4 is 0 Å². The molecule has 0 aliphatic carbocycles. The van der Waals surface area contributed by atoms with Gasteiger partial charge in [0.1, 0.15) is 5.69 Å². The molecule has 1 aliphatic rings. The fourth-order valence-electron chi connectivity index (χ4n) is 2.84. The van der Waals surface area contributed by atoms with Crippen molar-refractivity contribution in [1.82, 2.24) is 14.5 Å². The molecule has 1 aromatic carbocycles. The molecular weight excluding hydrogens is 266 g/mol. The lowest BCUT2D eigenvalue weighted by molar-refractivity contribution is -0.0862. The molecule has 0 atom stereocenters. The fourth-order valence-corrected chi connectivity index (χ4v) is 2.84.